The van der Waals surface area contributed by atoms with Gasteiger partial charge in [-0.25, -0.2) is 9.96 Å². The van der Waals surface area contributed by atoms with Crippen LogP contribution in [-0.4, -0.2) is 36.7 Å². The maximum atomic E-state index is 13.9. The van der Waals surface area contributed by atoms with Gasteiger partial charge in [-0.1, -0.05) is 30.3 Å². The van der Waals surface area contributed by atoms with Gasteiger partial charge in [0.25, 0.3) is 5.91 Å². The lowest BCUT2D eigenvalue weighted by Crippen LogP contribution is -2.37. The van der Waals surface area contributed by atoms with E-state index in [9.17, 15) is 14.7 Å². The predicted molar refractivity (Wildman–Crippen MR) is 132 cm³/mol. The first-order valence-electron chi connectivity index (χ1n) is 11.1. The van der Waals surface area contributed by atoms with Gasteiger partial charge in [0.1, 0.15) is 11.7 Å². The van der Waals surface area contributed by atoms with Crippen molar-refractivity contribution in [2.45, 2.75) is 19.1 Å². The van der Waals surface area contributed by atoms with E-state index in [4.69, 9.17) is 14.3 Å². The highest BCUT2D eigenvalue weighted by Crippen LogP contribution is 2.50. The minimum atomic E-state index is -1.03. The number of phenols is 1. The number of benzene rings is 3. The van der Waals surface area contributed by atoms with E-state index in [-0.39, 0.29) is 11.5 Å². The Morgan fingerprint density at radius 3 is 2.43 bits per heavy atom. The van der Waals surface area contributed by atoms with E-state index in [1.807, 2.05) is 37.3 Å². The predicted octanol–water partition coefficient (Wildman–Crippen LogP) is 4.61. The first-order valence-corrected chi connectivity index (χ1v) is 11.9. The van der Waals surface area contributed by atoms with Gasteiger partial charge in [-0.2, -0.15) is 0 Å². The molecule has 2 fully saturated rings. The van der Waals surface area contributed by atoms with Crippen LogP contribution in [0, 0.1) is 5.92 Å². The summed E-state index contributed by atoms with van der Waals surface area (Å²) >= 11 is 3.37. The van der Waals surface area contributed by atoms with Gasteiger partial charge in [0, 0.05) is 0 Å². The molecular weight excluding hydrogens is 516 g/mol. The SMILES string of the molecule is CCOc1ccccc1N1C(=O)[C@H]2[C@H](ON(c3ccccc3)[C@H]2c2cc(Br)c(O)c(OC)c2)C1=O. The second-order valence-corrected chi connectivity index (χ2v) is 8.98. The summed E-state index contributed by atoms with van der Waals surface area (Å²) in [6, 6.07) is 18.9. The van der Waals surface area contributed by atoms with Gasteiger partial charge in [-0.3, -0.25) is 14.4 Å². The van der Waals surface area contributed by atoms with Gasteiger partial charge < -0.3 is 14.6 Å². The number of para-hydroxylation sites is 3. The first-order chi connectivity index (χ1) is 17.0. The normalized spacial score (nSPS) is 21.4. The number of fused-ring (bicyclic) bond motifs is 1. The van der Waals surface area contributed by atoms with Crippen molar-refractivity contribution in [3.05, 3.63) is 76.8 Å². The lowest BCUT2D eigenvalue weighted by Gasteiger charge is -2.29. The average molecular weight is 539 g/mol. The molecule has 0 aliphatic carbocycles. The van der Waals surface area contributed by atoms with Gasteiger partial charge in [-0.05, 0) is 64.8 Å². The number of methoxy groups -OCH3 is 1. The largest absolute Gasteiger partial charge is 0.503 e. The zero-order chi connectivity index (χ0) is 24.7. The van der Waals surface area contributed by atoms with Crippen molar-refractivity contribution < 1.29 is 29.0 Å². The monoisotopic (exact) mass is 538 g/mol. The van der Waals surface area contributed by atoms with E-state index in [1.165, 1.54) is 7.11 Å². The molecule has 2 saturated heterocycles. The molecule has 3 aromatic carbocycles. The second-order valence-electron chi connectivity index (χ2n) is 8.12. The van der Waals surface area contributed by atoms with E-state index in [1.54, 1.807) is 41.5 Å². The van der Waals surface area contributed by atoms with Gasteiger partial charge in [0.15, 0.2) is 17.6 Å². The number of amides is 2. The maximum absolute atomic E-state index is 13.9. The van der Waals surface area contributed by atoms with Crippen LogP contribution in [0.1, 0.15) is 18.5 Å². The summed E-state index contributed by atoms with van der Waals surface area (Å²) in [6.07, 6.45) is -1.03. The van der Waals surface area contributed by atoms with Gasteiger partial charge in [0.05, 0.1) is 35.6 Å². The Hall–Kier alpha value is -3.56. The van der Waals surface area contributed by atoms with Crippen molar-refractivity contribution in [1.29, 1.82) is 0 Å². The lowest BCUT2D eigenvalue weighted by molar-refractivity contribution is -0.126. The Bertz CT molecular complexity index is 1280. The van der Waals surface area contributed by atoms with E-state index in [2.05, 4.69) is 15.9 Å². The minimum absolute atomic E-state index is 0.0564. The number of halogens is 1. The van der Waals surface area contributed by atoms with Crippen LogP contribution in [-0.2, 0) is 14.4 Å². The molecule has 2 aliphatic heterocycles. The van der Waals surface area contributed by atoms with Gasteiger partial charge in [-0.15, -0.1) is 0 Å². The van der Waals surface area contributed by atoms with Crippen LogP contribution in [0.25, 0.3) is 0 Å². The molecule has 9 heteroatoms. The van der Waals surface area contributed by atoms with Crippen molar-refractivity contribution in [1.82, 2.24) is 0 Å². The molecule has 0 bridgehead atoms. The summed E-state index contributed by atoms with van der Waals surface area (Å²) in [5.74, 6) is -1.06. The summed E-state index contributed by atoms with van der Waals surface area (Å²) in [6.45, 7) is 2.23. The fourth-order valence-electron chi connectivity index (χ4n) is 4.63. The molecule has 3 atom stereocenters. The quantitative estimate of drug-likeness (QED) is 0.458. The minimum Gasteiger partial charge on any atom is -0.503 e. The Kier molecular flexibility index (Phi) is 6.12. The topological polar surface area (TPSA) is 88.5 Å². The molecule has 8 nitrogen and oxygen atoms in total. The number of rotatable bonds is 6. The molecule has 0 saturated carbocycles. The fraction of sp³-hybridized carbons (Fsp3) is 0.231. The van der Waals surface area contributed by atoms with Crippen LogP contribution < -0.4 is 19.4 Å². The molecule has 2 amide bonds. The number of aromatic hydroxyl groups is 1. The van der Waals surface area contributed by atoms with Crippen molar-refractivity contribution in [2.75, 3.05) is 23.7 Å². The Labute approximate surface area is 210 Å². The summed E-state index contributed by atoms with van der Waals surface area (Å²) in [5.41, 5.74) is 1.72. The fourth-order valence-corrected chi connectivity index (χ4v) is 5.09. The van der Waals surface area contributed by atoms with E-state index >= 15 is 0 Å². The Morgan fingerprint density at radius 2 is 1.71 bits per heavy atom. The number of hydrogen-bond donors (Lipinski definition) is 1. The van der Waals surface area contributed by atoms with Crippen LogP contribution in [0.4, 0.5) is 11.4 Å². The van der Waals surface area contributed by atoms with Crippen LogP contribution in [0.15, 0.2) is 71.2 Å². The van der Waals surface area contributed by atoms with Crippen molar-refractivity contribution in [2.24, 2.45) is 5.92 Å². The average Bonchev–Trinajstić information content (AvgIpc) is 3.38. The number of hydrogen-bond acceptors (Lipinski definition) is 7. The summed E-state index contributed by atoms with van der Waals surface area (Å²) < 4.78 is 11.4. The molecule has 180 valence electrons. The number of carbonyl (C=O) groups is 2. The summed E-state index contributed by atoms with van der Waals surface area (Å²) in [4.78, 5) is 34.8. The second kappa shape index (κ2) is 9.24. The van der Waals surface area contributed by atoms with Crippen molar-refractivity contribution >= 4 is 39.1 Å². The van der Waals surface area contributed by atoms with Gasteiger partial charge in [0.2, 0.25) is 5.91 Å². The van der Waals surface area contributed by atoms with E-state index in [0.717, 1.165) is 4.90 Å². The highest BCUT2D eigenvalue weighted by molar-refractivity contribution is 9.10. The number of nitrogens with zero attached hydrogens (tertiary/aromatic N) is 2. The first kappa shape index (κ1) is 23.2. The zero-order valence-electron chi connectivity index (χ0n) is 19.1. The summed E-state index contributed by atoms with van der Waals surface area (Å²) in [7, 11) is 1.45. The molecule has 2 heterocycles. The highest BCUT2D eigenvalue weighted by atomic mass is 79.9. The van der Waals surface area contributed by atoms with E-state index in [0.29, 0.717) is 33.8 Å². The van der Waals surface area contributed by atoms with Crippen LogP contribution in [0.2, 0.25) is 0 Å². The van der Waals surface area contributed by atoms with Crippen LogP contribution in [0.5, 0.6) is 17.2 Å². The van der Waals surface area contributed by atoms with Crippen molar-refractivity contribution in [3.8, 4) is 17.2 Å². The number of phenolic OH excluding ortho intramolecular Hbond substituents is 1. The number of carbonyl (C=O) groups excluding carboxylic acids is 2. The molecule has 35 heavy (non-hydrogen) atoms. The Balaban J connectivity index is 1.62. The molecule has 0 aromatic heterocycles. The number of anilines is 2. The third-order valence-corrected chi connectivity index (χ3v) is 6.75. The maximum Gasteiger partial charge on any atom is 0.266 e. The molecule has 0 unspecified atom stereocenters. The third-order valence-electron chi connectivity index (χ3n) is 6.14. The van der Waals surface area contributed by atoms with Gasteiger partial charge >= 0.3 is 0 Å². The molecule has 0 radical (unpaired) electrons. The highest BCUT2D eigenvalue weighted by Gasteiger charge is 2.60. The third kappa shape index (κ3) is 3.81. The van der Waals surface area contributed by atoms with Crippen LogP contribution >= 0.6 is 15.9 Å². The lowest BCUT2D eigenvalue weighted by atomic mass is 9.90. The number of ether oxygens (including phenoxy) is 2. The molecule has 3 aromatic rings. The van der Waals surface area contributed by atoms with E-state index < -0.39 is 29.9 Å². The molecule has 1 N–H and O–H groups in total. The van der Waals surface area contributed by atoms with Crippen LogP contribution in [0.3, 0.4) is 0 Å². The molecular formula is C26H23BrN2O6. The number of imide groups is 1. The smallest absolute Gasteiger partial charge is 0.266 e. The molecule has 0 spiro atoms. The number of hydroxylamine groups is 1. The molecule has 5 rings (SSSR count). The standard InChI is InChI=1S/C26H23BrN2O6/c1-3-34-19-12-8-7-11-18(19)28-25(31)21-22(15-13-17(27)23(30)20(14-15)33-2)29(35-24(21)26(28)32)16-9-5-4-6-10-16/h4-14,21-22,24,30H,3H2,1-2H3/t21-,22+,24+/m1/s1. The van der Waals surface area contributed by atoms with Crippen molar-refractivity contribution in [3.63, 3.8) is 0 Å². The Morgan fingerprint density at radius 1 is 1.00 bits per heavy atom. The summed E-state index contributed by atoms with van der Waals surface area (Å²) in [5, 5.41) is 11.9. The molecule has 2 aliphatic rings. The zero-order valence-corrected chi connectivity index (χ0v) is 20.6.